The Morgan fingerprint density at radius 2 is 2.05 bits per heavy atom. The van der Waals surface area contributed by atoms with Crippen LogP contribution in [-0.2, 0) is 39.8 Å². The van der Waals surface area contributed by atoms with Gasteiger partial charge in [0, 0.05) is 69.8 Å². The number of amides is 2. The summed E-state index contributed by atoms with van der Waals surface area (Å²) >= 11 is 0. The zero-order chi connectivity index (χ0) is 30.4. The number of likely N-dealkylation sites (tertiary alicyclic amines) is 1. The number of ether oxygens (including phenoxy) is 2. The van der Waals surface area contributed by atoms with Gasteiger partial charge in [-0.1, -0.05) is 30.3 Å². The summed E-state index contributed by atoms with van der Waals surface area (Å²) in [6, 6.07) is 10.3. The maximum absolute atomic E-state index is 14.6. The number of carbonyl (C=O) groups excluding carboxylic acids is 1. The molecule has 2 N–H and O–H groups in total. The van der Waals surface area contributed by atoms with E-state index in [0.29, 0.717) is 56.7 Å². The van der Waals surface area contributed by atoms with Crippen molar-refractivity contribution in [1.29, 1.82) is 0 Å². The van der Waals surface area contributed by atoms with Gasteiger partial charge in [-0.3, -0.25) is 9.78 Å². The highest BCUT2D eigenvalue weighted by molar-refractivity contribution is 5.86. The van der Waals surface area contributed by atoms with Crippen LogP contribution in [0.2, 0.25) is 0 Å². The van der Waals surface area contributed by atoms with Crippen molar-refractivity contribution in [3.05, 3.63) is 65.0 Å². The lowest BCUT2D eigenvalue weighted by atomic mass is 9.75. The Hall–Kier alpha value is -3.22. The summed E-state index contributed by atoms with van der Waals surface area (Å²) in [5, 5.41) is 14.0. The summed E-state index contributed by atoms with van der Waals surface area (Å²) < 4.78 is 51.6. The molecule has 1 unspecified atom stereocenters. The lowest BCUT2D eigenvalue weighted by Gasteiger charge is -2.37. The molecule has 4 heterocycles. The van der Waals surface area contributed by atoms with Crippen LogP contribution in [0.3, 0.4) is 0 Å². The molecule has 1 aromatic carbocycles. The Morgan fingerprint density at radius 1 is 1.26 bits per heavy atom. The van der Waals surface area contributed by atoms with Gasteiger partial charge < -0.3 is 29.7 Å². The largest absolute Gasteiger partial charge is 0.465 e. The van der Waals surface area contributed by atoms with Crippen molar-refractivity contribution >= 4 is 12.0 Å². The minimum absolute atomic E-state index is 0.0137. The number of aromatic nitrogens is 1. The first kappa shape index (κ1) is 29.8. The van der Waals surface area contributed by atoms with Crippen molar-refractivity contribution in [2.75, 3.05) is 33.4 Å². The molecule has 9 nitrogen and oxygen atoms in total. The quantitative estimate of drug-likeness (QED) is 0.519. The fraction of sp³-hybridized carbons (Fsp3) is 0.581. The molecule has 2 amide bonds. The average Bonchev–Trinajstić information content (AvgIpc) is 3.50. The number of methoxy groups -OCH3 is 1. The number of rotatable bonds is 6. The predicted molar refractivity (Wildman–Crippen MR) is 149 cm³/mol. The Kier molecular flexibility index (Phi) is 8.12. The van der Waals surface area contributed by atoms with Crippen LogP contribution in [-0.4, -0.2) is 89.5 Å². The molecule has 2 saturated heterocycles. The Bertz CT molecular complexity index is 1340. The van der Waals surface area contributed by atoms with Crippen LogP contribution in [0.15, 0.2) is 42.6 Å². The lowest BCUT2D eigenvalue weighted by molar-refractivity contribution is -0.144. The van der Waals surface area contributed by atoms with E-state index >= 15 is 0 Å². The zero-order valence-corrected chi connectivity index (χ0v) is 24.1. The third kappa shape index (κ3) is 5.72. The number of hydrogen-bond acceptors (Lipinski definition) is 6. The van der Waals surface area contributed by atoms with Gasteiger partial charge in [0.1, 0.15) is 0 Å². The Morgan fingerprint density at radius 3 is 2.77 bits per heavy atom. The molecule has 3 fully saturated rings. The standard InChI is InChI=1S/C31H37F3N4O5/c1-42-27-17-43-10-8-25(27)36-22-13-23-26(11-19-5-3-2-4-6-19)38(29(40)41)18-30(23,14-22)28(39)37-9-7-24-20(16-37)12-21(15-35-24)31(32,33)34/h2-6,12,15,22-23,25-27,36H,7-11,13-14,16-18H2,1H3,(H,40,41)/t22-,23+,25+,26?,27-,30+/m1/s1. The maximum atomic E-state index is 14.6. The first-order valence-electron chi connectivity index (χ1n) is 14.8. The number of nitrogens with one attached hydrogen (secondary N) is 1. The maximum Gasteiger partial charge on any atom is 0.417 e. The third-order valence-electron chi connectivity index (χ3n) is 9.85. The molecule has 0 radical (unpaired) electrons. The van der Waals surface area contributed by atoms with E-state index in [-0.39, 0.29) is 43.1 Å². The number of fused-ring (bicyclic) bond motifs is 2. The van der Waals surface area contributed by atoms with Crippen molar-refractivity contribution in [2.45, 2.75) is 69.1 Å². The van der Waals surface area contributed by atoms with E-state index in [4.69, 9.17) is 9.47 Å². The Labute approximate surface area is 248 Å². The zero-order valence-electron chi connectivity index (χ0n) is 24.1. The second kappa shape index (κ2) is 11.7. The molecule has 12 heteroatoms. The van der Waals surface area contributed by atoms with Gasteiger partial charge in [0.15, 0.2) is 0 Å². The van der Waals surface area contributed by atoms with Gasteiger partial charge in [-0.05, 0) is 48.8 Å². The van der Waals surface area contributed by atoms with Crippen molar-refractivity contribution in [3.63, 3.8) is 0 Å². The molecule has 6 atom stereocenters. The van der Waals surface area contributed by atoms with Crippen molar-refractivity contribution < 1.29 is 37.3 Å². The molecule has 232 valence electrons. The lowest BCUT2D eigenvalue weighted by Crippen LogP contribution is -2.52. The molecule has 6 rings (SSSR count). The van der Waals surface area contributed by atoms with Gasteiger partial charge in [0.05, 0.1) is 23.7 Å². The summed E-state index contributed by atoms with van der Waals surface area (Å²) in [5.74, 6) is -0.461. The predicted octanol–water partition coefficient (Wildman–Crippen LogP) is 3.75. The van der Waals surface area contributed by atoms with Gasteiger partial charge >= 0.3 is 12.3 Å². The molecule has 0 spiro atoms. The number of alkyl halides is 3. The van der Waals surface area contributed by atoms with E-state index in [2.05, 4.69) is 10.3 Å². The SMILES string of the molecule is CO[C@@H]1COCC[C@@H]1N[C@@H]1C[C@H]2C(Cc3ccccc3)N(C(=O)O)C[C@@]2(C(=O)N2CCc3ncc(C(F)(F)F)cc3C2)C1. The molecule has 1 aliphatic carbocycles. The third-order valence-corrected chi connectivity index (χ3v) is 9.85. The number of hydrogen-bond donors (Lipinski definition) is 2. The average molecular weight is 603 g/mol. The van der Waals surface area contributed by atoms with Crippen LogP contribution >= 0.6 is 0 Å². The number of pyridine rings is 1. The van der Waals surface area contributed by atoms with E-state index in [1.54, 1.807) is 12.0 Å². The summed E-state index contributed by atoms with van der Waals surface area (Å²) in [5.41, 5.74) is 0.0824. The van der Waals surface area contributed by atoms with Crippen LogP contribution in [0, 0.1) is 11.3 Å². The fourth-order valence-corrected chi connectivity index (χ4v) is 7.82. The molecule has 1 aromatic heterocycles. The summed E-state index contributed by atoms with van der Waals surface area (Å²) in [6.45, 7) is 1.45. The number of nitrogens with zero attached hydrogens (tertiary/aromatic N) is 3. The minimum atomic E-state index is -4.54. The summed E-state index contributed by atoms with van der Waals surface area (Å²) in [4.78, 5) is 34.3. The van der Waals surface area contributed by atoms with Crippen LogP contribution < -0.4 is 5.32 Å². The van der Waals surface area contributed by atoms with Crippen LogP contribution in [0.1, 0.15) is 41.6 Å². The van der Waals surface area contributed by atoms with Crippen molar-refractivity contribution in [2.24, 2.45) is 11.3 Å². The molecular weight excluding hydrogens is 565 g/mol. The molecule has 1 saturated carbocycles. The molecule has 43 heavy (non-hydrogen) atoms. The van der Waals surface area contributed by atoms with E-state index in [9.17, 15) is 27.9 Å². The molecule has 4 aliphatic rings. The highest BCUT2D eigenvalue weighted by atomic mass is 19.4. The van der Waals surface area contributed by atoms with E-state index < -0.39 is 29.3 Å². The van der Waals surface area contributed by atoms with Crippen LogP contribution in [0.25, 0.3) is 0 Å². The molecule has 2 aromatic rings. The fourth-order valence-electron chi connectivity index (χ4n) is 7.82. The summed E-state index contributed by atoms with van der Waals surface area (Å²) in [6.07, 6.45) is -2.29. The minimum Gasteiger partial charge on any atom is -0.465 e. The van der Waals surface area contributed by atoms with Crippen LogP contribution in [0.5, 0.6) is 0 Å². The van der Waals surface area contributed by atoms with Gasteiger partial charge in [-0.2, -0.15) is 13.2 Å². The highest BCUT2D eigenvalue weighted by Crippen LogP contribution is 2.54. The van der Waals surface area contributed by atoms with Gasteiger partial charge in [-0.25, -0.2) is 4.79 Å². The highest BCUT2D eigenvalue weighted by Gasteiger charge is 2.63. The number of carbonyl (C=O) groups is 2. The first-order valence-corrected chi connectivity index (χ1v) is 14.8. The smallest absolute Gasteiger partial charge is 0.417 e. The number of carboxylic acid groups (broad SMARTS) is 1. The van der Waals surface area contributed by atoms with E-state index in [1.165, 1.54) is 4.90 Å². The van der Waals surface area contributed by atoms with E-state index in [0.717, 1.165) is 24.2 Å². The second-order valence-corrected chi connectivity index (χ2v) is 12.3. The van der Waals surface area contributed by atoms with Gasteiger partial charge in [0.2, 0.25) is 5.91 Å². The van der Waals surface area contributed by atoms with Crippen LogP contribution in [0.4, 0.5) is 18.0 Å². The van der Waals surface area contributed by atoms with Gasteiger partial charge in [-0.15, -0.1) is 0 Å². The van der Waals surface area contributed by atoms with Crippen molar-refractivity contribution in [1.82, 2.24) is 20.1 Å². The number of benzene rings is 1. The topological polar surface area (TPSA) is 104 Å². The first-order chi connectivity index (χ1) is 20.6. The van der Waals surface area contributed by atoms with Crippen molar-refractivity contribution in [3.8, 4) is 0 Å². The monoisotopic (exact) mass is 602 g/mol. The normalized spacial score (nSPS) is 30.7. The summed E-state index contributed by atoms with van der Waals surface area (Å²) in [7, 11) is 1.65. The number of halogens is 3. The molecular formula is C31H37F3N4O5. The molecule has 3 aliphatic heterocycles. The van der Waals surface area contributed by atoms with Gasteiger partial charge in [0.25, 0.3) is 0 Å². The second-order valence-electron chi connectivity index (χ2n) is 12.3. The van der Waals surface area contributed by atoms with E-state index in [1.807, 2.05) is 30.3 Å². The molecule has 0 bridgehead atoms. The Balaban J connectivity index is 1.31.